The number of aromatic nitrogens is 5. The fourth-order valence-corrected chi connectivity index (χ4v) is 2.59. The summed E-state index contributed by atoms with van der Waals surface area (Å²) in [4.78, 5) is 15.2. The Bertz CT molecular complexity index is 977. The molecule has 0 aliphatic rings. The molecule has 5 nitrogen and oxygen atoms in total. The number of hydrogen-bond acceptors (Lipinski definition) is 3. The van der Waals surface area contributed by atoms with Crippen LogP contribution in [0.25, 0.3) is 33.5 Å². The Hall–Kier alpha value is -2.47. The number of imidazole rings is 2. The number of hydrogen-bond donors (Lipinski definition) is 2. The van der Waals surface area contributed by atoms with Crippen LogP contribution in [0.3, 0.4) is 0 Å². The molecule has 0 radical (unpaired) electrons. The van der Waals surface area contributed by atoms with Gasteiger partial charge in [0, 0.05) is 25.0 Å². The third kappa shape index (κ3) is 1.58. The van der Waals surface area contributed by atoms with Crippen molar-refractivity contribution >= 4 is 34.3 Å². The van der Waals surface area contributed by atoms with Crippen molar-refractivity contribution in [1.29, 1.82) is 0 Å². The van der Waals surface area contributed by atoms with Gasteiger partial charge in [-0.1, -0.05) is 0 Å². The van der Waals surface area contributed by atoms with Gasteiger partial charge in [0.25, 0.3) is 0 Å². The molecule has 0 atom stereocenters. The van der Waals surface area contributed by atoms with Crippen molar-refractivity contribution < 1.29 is 0 Å². The molecule has 3 heterocycles. The molecule has 1 aromatic carbocycles. The SMILES string of the molecule is Cn1c(=S)[nH]c2cc3[nH]c(-c4ccncc4)nc3cc21. The van der Waals surface area contributed by atoms with E-state index in [0.717, 1.165) is 33.5 Å². The first-order chi connectivity index (χ1) is 9.72. The monoisotopic (exact) mass is 281 g/mol. The quantitative estimate of drug-likeness (QED) is 0.527. The zero-order chi connectivity index (χ0) is 13.7. The fourth-order valence-electron chi connectivity index (χ4n) is 2.38. The minimum atomic E-state index is 0.710. The van der Waals surface area contributed by atoms with Gasteiger partial charge in [0.1, 0.15) is 5.82 Å². The lowest BCUT2D eigenvalue weighted by atomic mass is 10.2. The number of aromatic amines is 2. The van der Waals surface area contributed by atoms with Crippen LogP contribution in [0.15, 0.2) is 36.7 Å². The van der Waals surface area contributed by atoms with Gasteiger partial charge >= 0.3 is 0 Å². The number of aryl methyl sites for hydroxylation is 1. The highest BCUT2D eigenvalue weighted by Gasteiger charge is 2.08. The van der Waals surface area contributed by atoms with E-state index in [-0.39, 0.29) is 0 Å². The standard InChI is InChI=1S/C14H11N5S/c1-19-12-7-10-9(6-11(12)18-14(19)20)16-13(17-10)8-2-4-15-5-3-8/h2-7H,1H3,(H,16,17)(H,18,20). The molecule has 0 saturated heterocycles. The molecule has 4 rings (SSSR count). The average Bonchev–Trinajstić information content (AvgIpc) is 3.00. The Morgan fingerprint density at radius 1 is 1.10 bits per heavy atom. The first-order valence-corrected chi connectivity index (χ1v) is 6.62. The first kappa shape index (κ1) is 11.4. The lowest BCUT2D eigenvalue weighted by Crippen LogP contribution is -1.85. The molecule has 0 spiro atoms. The van der Waals surface area contributed by atoms with Crippen LogP contribution in [-0.4, -0.2) is 24.5 Å². The molecule has 0 saturated carbocycles. The number of H-pyrrole nitrogens is 2. The van der Waals surface area contributed by atoms with Crippen LogP contribution < -0.4 is 0 Å². The molecular formula is C14H11N5S. The summed E-state index contributed by atoms with van der Waals surface area (Å²) in [6.07, 6.45) is 3.52. The van der Waals surface area contributed by atoms with Crippen molar-refractivity contribution in [2.75, 3.05) is 0 Å². The molecule has 6 heteroatoms. The third-order valence-electron chi connectivity index (χ3n) is 3.46. The van der Waals surface area contributed by atoms with Crippen LogP contribution in [0.4, 0.5) is 0 Å². The first-order valence-electron chi connectivity index (χ1n) is 6.21. The molecule has 20 heavy (non-hydrogen) atoms. The van der Waals surface area contributed by atoms with E-state index < -0.39 is 0 Å². The molecule has 98 valence electrons. The van der Waals surface area contributed by atoms with E-state index in [4.69, 9.17) is 12.2 Å². The van der Waals surface area contributed by atoms with Crippen molar-refractivity contribution in [1.82, 2.24) is 24.5 Å². The Morgan fingerprint density at radius 2 is 1.90 bits per heavy atom. The van der Waals surface area contributed by atoms with Crippen LogP contribution in [-0.2, 0) is 7.05 Å². The summed E-state index contributed by atoms with van der Waals surface area (Å²) in [6.45, 7) is 0. The number of pyridine rings is 1. The van der Waals surface area contributed by atoms with Gasteiger partial charge < -0.3 is 14.5 Å². The van der Waals surface area contributed by atoms with E-state index in [9.17, 15) is 0 Å². The second kappa shape index (κ2) is 4.01. The second-order valence-corrected chi connectivity index (χ2v) is 5.08. The predicted octanol–water partition coefficient (Wildman–Crippen LogP) is 3.17. The summed E-state index contributed by atoms with van der Waals surface area (Å²) in [5, 5.41) is 0. The Balaban J connectivity index is 2.00. The largest absolute Gasteiger partial charge is 0.338 e. The van der Waals surface area contributed by atoms with E-state index in [0.29, 0.717) is 4.77 Å². The van der Waals surface area contributed by atoms with E-state index in [1.54, 1.807) is 12.4 Å². The van der Waals surface area contributed by atoms with Crippen LogP contribution in [0.5, 0.6) is 0 Å². The highest BCUT2D eigenvalue weighted by atomic mass is 32.1. The van der Waals surface area contributed by atoms with Gasteiger partial charge in [-0.05, 0) is 36.5 Å². The molecule has 3 aromatic heterocycles. The number of fused-ring (bicyclic) bond motifs is 2. The van der Waals surface area contributed by atoms with Crippen molar-refractivity contribution in [3.8, 4) is 11.4 Å². The molecule has 0 amide bonds. The Labute approximate surface area is 119 Å². The summed E-state index contributed by atoms with van der Waals surface area (Å²) < 4.78 is 2.66. The number of rotatable bonds is 1. The summed E-state index contributed by atoms with van der Waals surface area (Å²) in [5.74, 6) is 0.844. The summed E-state index contributed by atoms with van der Waals surface area (Å²) >= 11 is 5.24. The maximum atomic E-state index is 5.24. The van der Waals surface area contributed by atoms with Gasteiger partial charge in [0.05, 0.1) is 22.1 Å². The Morgan fingerprint density at radius 3 is 2.70 bits per heavy atom. The summed E-state index contributed by atoms with van der Waals surface area (Å²) in [5.41, 5.74) is 4.99. The van der Waals surface area contributed by atoms with Gasteiger partial charge in [0.2, 0.25) is 0 Å². The van der Waals surface area contributed by atoms with Gasteiger partial charge in [-0.25, -0.2) is 4.98 Å². The van der Waals surface area contributed by atoms with Crippen molar-refractivity contribution in [3.05, 3.63) is 41.4 Å². The normalized spacial score (nSPS) is 11.4. The summed E-state index contributed by atoms with van der Waals surface area (Å²) in [7, 11) is 1.95. The molecule has 0 fully saturated rings. The second-order valence-electron chi connectivity index (χ2n) is 4.70. The number of nitrogens with one attached hydrogen (secondary N) is 2. The van der Waals surface area contributed by atoms with E-state index in [2.05, 4.69) is 19.9 Å². The van der Waals surface area contributed by atoms with Gasteiger partial charge in [0.15, 0.2) is 4.77 Å². The molecule has 0 bridgehead atoms. The third-order valence-corrected chi connectivity index (χ3v) is 3.84. The smallest absolute Gasteiger partial charge is 0.177 e. The topological polar surface area (TPSA) is 62.3 Å². The molecule has 0 aliphatic carbocycles. The maximum absolute atomic E-state index is 5.24. The van der Waals surface area contributed by atoms with E-state index in [1.807, 2.05) is 35.9 Å². The molecular weight excluding hydrogens is 270 g/mol. The number of nitrogens with zero attached hydrogens (tertiary/aromatic N) is 3. The molecule has 0 aliphatic heterocycles. The van der Waals surface area contributed by atoms with Crippen molar-refractivity contribution in [2.24, 2.45) is 7.05 Å². The molecule has 0 unspecified atom stereocenters. The summed E-state index contributed by atoms with van der Waals surface area (Å²) in [6, 6.07) is 7.95. The maximum Gasteiger partial charge on any atom is 0.177 e. The van der Waals surface area contributed by atoms with Crippen LogP contribution in [0.1, 0.15) is 0 Å². The van der Waals surface area contributed by atoms with E-state index >= 15 is 0 Å². The van der Waals surface area contributed by atoms with Crippen LogP contribution >= 0.6 is 12.2 Å². The molecule has 4 aromatic rings. The highest BCUT2D eigenvalue weighted by molar-refractivity contribution is 7.71. The minimum absolute atomic E-state index is 0.710. The zero-order valence-electron chi connectivity index (χ0n) is 10.7. The highest BCUT2D eigenvalue weighted by Crippen LogP contribution is 2.24. The molecule has 2 N–H and O–H groups in total. The minimum Gasteiger partial charge on any atom is -0.338 e. The predicted molar refractivity (Wildman–Crippen MR) is 81.0 cm³/mol. The van der Waals surface area contributed by atoms with Crippen molar-refractivity contribution in [3.63, 3.8) is 0 Å². The average molecular weight is 281 g/mol. The fraction of sp³-hybridized carbons (Fsp3) is 0.0714. The van der Waals surface area contributed by atoms with Crippen molar-refractivity contribution in [2.45, 2.75) is 0 Å². The Kier molecular flexibility index (Phi) is 2.28. The lowest BCUT2D eigenvalue weighted by Gasteiger charge is -1.93. The van der Waals surface area contributed by atoms with E-state index in [1.165, 1.54) is 0 Å². The van der Waals surface area contributed by atoms with Gasteiger partial charge in [-0.3, -0.25) is 4.98 Å². The van der Waals surface area contributed by atoms with Gasteiger partial charge in [-0.15, -0.1) is 0 Å². The van der Waals surface area contributed by atoms with Crippen LogP contribution in [0.2, 0.25) is 0 Å². The number of benzene rings is 1. The lowest BCUT2D eigenvalue weighted by molar-refractivity contribution is 0.927. The van der Waals surface area contributed by atoms with Gasteiger partial charge in [-0.2, -0.15) is 0 Å². The zero-order valence-corrected chi connectivity index (χ0v) is 11.5. The van der Waals surface area contributed by atoms with Crippen LogP contribution in [0, 0.1) is 4.77 Å².